The second-order valence-electron chi connectivity index (χ2n) is 4.55. The summed E-state index contributed by atoms with van der Waals surface area (Å²) in [7, 11) is -2.53. The number of rotatable bonds is 3. The fourth-order valence-electron chi connectivity index (χ4n) is 2.06. The van der Waals surface area contributed by atoms with Gasteiger partial charge in [-0.05, 0) is 24.6 Å². The number of benzene rings is 1. The average Bonchev–Trinajstić information content (AvgIpc) is 2.85. The highest BCUT2D eigenvalue weighted by molar-refractivity contribution is 7.89. The van der Waals surface area contributed by atoms with Crippen LogP contribution in [0.3, 0.4) is 0 Å². The average molecular weight is 319 g/mol. The van der Waals surface area contributed by atoms with Crippen molar-refractivity contribution >= 4 is 27.6 Å². The topological polar surface area (TPSA) is 89.7 Å². The van der Waals surface area contributed by atoms with Crippen LogP contribution < -0.4 is 5.73 Å². The van der Waals surface area contributed by atoms with Crippen molar-refractivity contribution in [3.05, 3.63) is 28.8 Å². The van der Waals surface area contributed by atoms with E-state index >= 15 is 0 Å². The van der Waals surface area contributed by atoms with E-state index in [9.17, 15) is 13.2 Å². The molecule has 1 aliphatic heterocycles. The minimum Gasteiger partial charge on any atom is -0.465 e. The minimum absolute atomic E-state index is 0.0677. The normalized spacial score (nSPS) is 20.1. The molecule has 8 heteroatoms. The van der Waals surface area contributed by atoms with Gasteiger partial charge in [-0.1, -0.05) is 11.6 Å². The van der Waals surface area contributed by atoms with Gasteiger partial charge in [-0.2, -0.15) is 4.31 Å². The van der Waals surface area contributed by atoms with E-state index in [0.717, 1.165) is 0 Å². The number of hydrogen-bond donors (Lipinski definition) is 1. The molecule has 2 N–H and O–H groups in total. The molecule has 0 amide bonds. The van der Waals surface area contributed by atoms with Crippen LogP contribution in [0.15, 0.2) is 23.1 Å². The Bertz CT molecular complexity index is 632. The summed E-state index contributed by atoms with van der Waals surface area (Å²) in [5, 5.41) is 0.0677. The molecule has 0 unspecified atom stereocenters. The van der Waals surface area contributed by atoms with Gasteiger partial charge in [-0.3, -0.25) is 0 Å². The number of sulfonamides is 1. The van der Waals surface area contributed by atoms with Gasteiger partial charge in [0.25, 0.3) is 0 Å². The molecule has 1 fully saturated rings. The SMILES string of the molecule is COC(=O)c1ccc(Cl)c(S(=O)(=O)N2CC[C@H](N)C2)c1. The molecule has 0 saturated carbocycles. The van der Waals surface area contributed by atoms with Crippen LogP contribution in [-0.4, -0.2) is 44.9 Å². The van der Waals surface area contributed by atoms with E-state index in [1.807, 2.05) is 0 Å². The maximum Gasteiger partial charge on any atom is 0.337 e. The lowest BCUT2D eigenvalue weighted by Crippen LogP contribution is -2.32. The zero-order valence-corrected chi connectivity index (χ0v) is 12.4. The molecule has 1 heterocycles. The minimum atomic E-state index is -3.75. The van der Waals surface area contributed by atoms with Gasteiger partial charge in [0.15, 0.2) is 0 Å². The van der Waals surface area contributed by atoms with Gasteiger partial charge >= 0.3 is 5.97 Å². The summed E-state index contributed by atoms with van der Waals surface area (Å²) in [5.74, 6) is -0.615. The number of carbonyl (C=O) groups is 1. The summed E-state index contributed by atoms with van der Waals surface area (Å²) in [5.41, 5.74) is 5.86. The molecule has 20 heavy (non-hydrogen) atoms. The van der Waals surface area contributed by atoms with E-state index in [-0.39, 0.29) is 28.1 Å². The van der Waals surface area contributed by atoms with Crippen LogP contribution in [0.25, 0.3) is 0 Å². The Morgan fingerprint density at radius 1 is 1.50 bits per heavy atom. The first-order chi connectivity index (χ1) is 9.36. The molecule has 0 aromatic heterocycles. The third kappa shape index (κ3) is 2.80. The first-order valence-corrected chi connectivity index (χ1v) is 7.81. The zero-order chi connectivity index (χ0) is 14.9. The lowest BCUT2D eigenvalue weighted by molar-refractivity contribution is 0.0600. The lowest BCUT2D eigenvalue weighted by Gasteiger charge is -2.17. The number of ether oxygens (including phenoxy) is 1. The second-order valence-corrected chi connectivity index (χ2v) is 6.86. The van der Waals surface area contributed by atoms with Crippen LogP contribution in [0.1, 0.15) is 16.8 Å². The van der Waals surface area contributed by atoms with Gasteiger partial charge in [0.1, 0.15) is 4.90 Å². The smallest absolute Gasteiger partial charge is 0.337 e. The molecule has 0 spiro atoms. The fourth-order valence-corrected chi connectivity index (χ4v) is 4.07. The predicted molar refractivity (Wildman–Crippen MR) is 74.1 cm³/mol. The van der Waals surface area contributed by atoms with Crippen molar-refractivity contribution in [2.45, 2.75) is 17.4 Å². The molecular weight excluding hydrogens is 304 g/mol. The standard InChI is InChI=1S/C12H15ClN2O4S/c1-19-12(16)8-2-3-10(13)11(6-8)20(17,18)15-5-4-9(14)7-15/h2-3,6,9H,4-5,7,14H2,1H3/t9-/m0/s1. The molecule has 1 atom stereocenters. The maximum atomic E-state index is 12.5. The number of halogens is 1. The Hall–Kier alpha value is -1.15. The number of methoxy groups -OCH3 is 1. The van der Waals surface area contributed by atoms with Crippen molar-refractivity contribution in [1.29, 1.82) is 0 Å². The van der Waals surface area contributed by atoms with E-state index < -0.39 is 16.0 Å². The Labute approximate surface area is 122 Å². The van der Waals surface area contributed by atoms with Crippen LogP contribution >= 0.6 is 11.6 Å². The van der Waals surface area contributed by atoms with Gasteiger partial charge in [0.05, 0.1) is 17.7 Å². The van der Waals surface area contributed by atoms with Crippen molar-refractivity contribution in [1.82, 2.24) is 4.31 Å². The Kier molecular flexibility index (Phi) is 4.33. The van der Waals surface area contributed by atoms with Crippen molar-refractivity contribution < 1.29 is 17.9 Å². The van der Waals surface area contributed by atoms with E-state index in [1.54, 1.807) is 0 Å². The summed E-state index contributed by atoms with van der Waals surface area (Å²) >= 11 is 5.95. The largest absolute Gasteiger partial charge is 0.465 e. The molecule has 1 aliphatic rings. The summed E-state index contributed by atoms with van der Waals surface area (Å²) in [6.07, 6.45) is 0.605. The molecule has 0 radical (unpaired) electrons. The molecule has 0 bridgehead atoms. The number of esters is 1. The lowest BCUT2D eigenvalue weighted by atomic mass is 10.2. The molecule has 0 aliphatic carbocycles. The van der Waals surface area contributed by atoms with Crippen LogP contribution in [0, 0.1) is 0 Å². The molecule has 6 nitrogen and oxygen atoms in total. The van der Waals surface area contributed by atoms with Gasteiger partial charge in [0.2, 0.25) is 10.0 Å². The van der Waals surface area contributed by atoms with Crippen LogP contribution in [0.5, 0.6) is 0 Å². The highest BCUT2D eigenvalue weighted by Crippen LogP contribution is 2.28. The van der Waals surface area contributed by atoms with E-state index in [0.29, 0.717) is 13.0 Å². The highest BCUT2D eigenvalue weighted by atomic mass is 35.5. The summed E-state index contributed by atoms with van der Waals surface area (Å²) in [4.78, 5) is 11.4. The van der Waals surface area contributed by atoms with Crippen molar-refractivity contribution in [2.24, 2.45) is 5.73 Å². The molecule has 1 aromatic carbocycles. The molecule has 110 valence electrons. The Balaban J connectivity index is 2.43. The Morgan fingerprint density at radius 2 is 2.20 bits per heavy atom. The number of nitrogens with zero attached hydrogens (tertiary/aromatic N) is 1. The first-order valence-electron chi connectivity index (χ1n) is 6.00. The molecule has 1 saturated heterocycles. The van der Waals surface area contributed by atoms with Crippen LogP contribution in [-0.2, 0) is 14.8 Å². The predicted octanol–water partition coefficient (Wildman–Crippen LogP) is 0.848. The second kappa shape index (κ2) is 5.69. The third-order valence-corrected chi connectivity index (χ3v) is 5.50. The monoisotopic (exact) mass is 318 g/mol. The van der Waals surface area contributed by atoms with Gasteiger partial charge in [-0.25, -0.2) is 13.2 Å². The molecule has 2 rings (SSSR count). The highest BCUT2D eigenvalue weighted by Gasteiger charge is 2.32. The Morgan fingerprint density at radius 3 is 2.75 bits per heavy atom. The maximum absolute atomic E-state index is 12.5. The van der Waals surface area contributed by atoms with Crippen LogP contribution in [0.4, 0.5) is 0 Å². The van der Waals surface area contributed by atoms with Crippen LogP contribution in [0.2, 0.25) is 5.02 Å². The van der Waals surface area contributed by atoms with Crippen molar-refractivity contribution in [2.75, 3.05) is 20.2 Å². The van der Waals surface area contributed by atoms with E-state index in [4.69, 9.17) is 17.3 Å². The quantitative estimate of drug-likeness (QED) is 0.834. The van der Waals surface area contributed by atoms with Gasteiger partial charge in [0, 0.05) is 19.1 Å². The summed E-state index contributed by atoms with van der Waals surface area (Å²) < 4.78 is 30.8. The van der Waals surface area contributed by atoms with Gasteiger partial charge < -0.3 is 10.5 Å². The van der Waals surface area contributed by atoms with E-state index in [1.165, 1.54) is 29.6 Å². The van der Waals surface area contributed by atoms with Crippen molar-refractivity contribution in [3.63, 3.8) is 0 Å². The van der Waals surface area contributed by atoms with Gasteiger partial charge in [-0.15, -0.1) is 0 Å². The van der Waals surface area contributed by atoms with E-state index in [2.05, 4.69) is 4.74 Å². The summed E-state index contributed by atoms with van der Waals surface area (Å²) in [6, 6.07) is 3.85. The summed E-state index contributed by atoms with van der Waals surface area (Å²) in [6.45, 7) is 0.601. The molecule has 1 aromatic rings. The fraction of sp³-hybridized carbons (Fsp3) is 0.417. The molecular formula is C12H15ClN2O4S. The number of nitrogens with two attached hydrogens (primary N) is 1. The third-order valence-electron chi connectivity index (χ3n) is 3.16. The first kappa shape index (κ1) is 15.2. The zero-order valence-electron chi connectivity index (χ0n) is 10.9. The number of hydrogen-bond acceptors (Lipinski definition) is 5. The number of carbonyl (C=O) groups excluding carboxylic acids is 1. The van der Waals surface area contributed by atoms with Crippen molar-refractivity contribution in [3.8, 4) is 0 Å².